The zero-order valence-electron chi connectivity index (χ0n) is 16.3. The standard InChI is InChI=1S/C23H27N3O/c1-23(2,3)16-8-10-17(11-9-16)24-22(27)26-14-12-19-18-6-4-5-7-20(18)25-21(19)13-15-26/h4-11,25H,12-15H2,1-3H3,(H,24,27). The third kappa shape index (κ3) is 3.57. The predicted molar refractivity (Wildman–Crippen MR) is 111 cm³/mol. The van der Waals surface area contributed by atoms with E-state index in [2.05, 4.69) is 67.5 Å². The molecule has 1 aliphatic rings. The molecule has 27 heavy (non-hydrogen) atoms. The maximum atomic E-state index is 12.7. The number of carbonyl (C=O) groups excluding carboxylic acids is 1. The highest BCUT2D eigenvalue weighted by Gasteiger charge is 2.21. The Bertz CT molecular complexity index is 963. The lowest BCUT2D eigenvalue weighted by atomic mass is 9.87. The Balaban J connectivity index is 1.44. The van der Waals surface area contributed by atoms with E-state index < -0.39 is 0 Å². The van der Waals surface area contributed by atoms with Crippen molar-refractivity contribution >= 4 is 22.6 Å². The number of nitrogens with one attached hydrogen (secondary N) is 2. The minimum absolute atomic E-state index is 0.0204. The van der Waals surface area contributed by atoms with Gasteiger partial charge in [0.25, 0.3) is 0 Å². The number of nitrogens with zero attached hydrogens (tertiary/aromatic N) is 1. The van der Waals surface area contributed by atoms with Crippen molar-refractivity contribution < 1.29 is 4.79 Å². The van der Waals surface area contributed by atoms with Crippen molar-refractivity contribution in [3.8, 4) is 0 Å². The zero-order valence-corrected chi connectivity index (χ0v) is 16.3. The second kappa shape index (κ2) is 6.76. The molecule has 0 aliphatic carbocycles. The Labute approximate surface area is 160 Å². The van der Waals surface area contributed by atoms with Gasteiger partial charge < -0.3 is 15.2 Å². The number of hydrogen-bond acceptors (Lipinski definition) is 1. The van der Waals surface area contributed by atoms with Crippen LogP contribution in [0.5, 0.6) is 0 Å². The third-order valence-corrected chi connectivity index (χ3v) is 5.45. The van der Waals surface area contributed by atoms with Crippen LogP contribution in [0.2, 0.25) is 0 Å². The van der Waals surface area contributed by atoms with E-state index in [4.69, 9.17) is 0 Å². The summed E-state index contributed by atoms with van der Waals surface area (Å²) in [5.74, 6) is 0. The molecule has 3 aromatic rings. The summed E-state index contributed by atoms with van der Waals surface area (Å²) in [6.45, 7) is 8.04. The van der Waals surface area contributed by atoms with E-state index in [0.29, 0.717) is 0 Å². The van der Waals surface area contributed by atoms with Crippen LogP contribution in [0.15, 0.2) is 48.5 Å². The van der Waals surface area contributed by atoms with Crippen LogP contribution >= 0.6 is 0 Å². The maximum absolute atomic E-state index is 12.7. The molecule has 4 heteroatoms. The van der Waals surface area contributed by atoms with Crippen molar-refractivity contribution in [1.82, 2.24) is 9.88 Å². The van der Waals surface area contributed by atoms with E-state index in [9.17, 15) is 4.79 Å². The number of aromatic amines is 1. The molecule has 0 saturated heterocycles. The number of rotatable bonds is 1. The predicted octanol–water partition coefficient (Wildman–Crippen LogP) is 5.10. The lowest BCUT2D eigenvalue weighted by Gasteiger charge is -2.22. The highest BCUT2D eigenvalue weighted by atomic mass is 16.2. The van der Waals surface area contributed by atoms with Gasteiger partial charge in [-0.3, -0.25) is 0 Å². The molecule has 0 spiro atoms. The minimum Gasteiger partial charge on any atom is -0.358 e. The monoisotopic (exact) mass is 361 g/mol. The van der Waals surface area contributed by atoms with Crippen LogP contribution in [-0.4, -0.2) is 29.0 Å². The van der Waals surface area contributed by atoms with Gasteiger partial charge in [-0.25, -0.2) is 4.79 Å². The van der Waals surface area contributed by atoms with Crippen LogP contribution < -0.4 is 5.32 Å². The summed E-state index contributed by atoms with van der Waals surface area (Å²) in [4.78, 5) is 18.2. The SMILES string of the molecule is CC(C)(C)c1ccc(NC(=O)N2CCc3[nH]c4ccccc4c3CC2)cc1. The quantitative estimate of drug-likeness (QED) is 0.622. The number of H-pyrrole nitrogens is 1. The Morgan fingerprint density at radius 3 is 2.44 bits per heavy atom. The Hall–Kier alpha value is -2.75. The molecule has 0 saturated carbocycles. The fourth-order valence-corrected chi connectivity index (χ4v) is 3.82. The lowest BCUT2D eigenvalue weighted by molar-refractivity contribution is 0.214. The molecule has 0 atom stereocenters. The third-order valence-electron chi connectivity index (χ3n) is 5.45. The molecule has 2 aromatic carbocycles. The molecule has 1 aromatic heterocycles. The van der Waals surface area contributed by atoms with Crippen LogP contribution in [0, 0.1) is 0 Å². The first kappa shape index (κ1) is 17.7. The van der Waals surface area contributed by atoms with Crippen LogP contribution in [-0.2, 0) is 18.3 Å². The van der Waals surface area contributed by atoms with Gasteiger partial charge >= 0.3 is 6.03 Å². The molecular formula is C23H27N3O. The molecule has 0 fully saturated rings. The van der Waals surface area contributed by atoms with E-state index in [-0.39, 0.29) is 11.4 Å². The summed E-state index contributed by atoms with van der Waals surface area (Å²) in [6.07, 6.45) is 1.75. The van der Waals surface area contributed by atoms with Gasteiger partial charge in [0.15, 0.2) is 0 Å². The first-order valence-corrected chi connectivity index (χ1v) is 9.67. The summed E-state index contributed by atoms with van der Waals surface area (Å²) in [6, 6.07) is 16.6. The molecule has 1 aliphatic heterocycles. The number of para-hydroxylation sites is 1. The van der Waals surface area contributed by atoms with Crippen molar-refractivity contribution in [2.75, 3.05) is 18.4 Å². The van der Waals surface area contributed by atoms with Crippen molar-refractivity contribution in [3.63, 3.8) is 0 Å². The molecule has 0 radical (unpaired) electrons. The van der Waals surface area contributed by atoms with Crippen LogP contribution in [0.3, 0.4) is 0 Å². The van der Waals surface area contributed by atoms with Gasteiger partial charge in [-0.1, -0.05) is 51.1 Å². The van der Waals surface area contributed by atoms with Gasteiger partial charge in [0.2, 0.25) is 0 Å². The Kier molecular flexibility index (Phi) is 4.42. The topological polar surface area (TPSA) is 48.1 Å². The molecular weight excluding hydrogens is 334 g/mol. The number of benzene rings is 2. The number of urea groups is 1. The maximum Gasteiger partial charge on any atom is 0.321 e. The number of carbonyl (C=O) groups is 1. The normalized spacial score (nSPS) is 14.7. The molecule has 2 heterocycles. The number of fused-ring (bicyclic) bond motifs is 3. The van der Waals surface area contributed by atoms with Gasteiger partial charge in [0.1, 0.15) is 0 Å². The number of amides is 2. The highest BCUT2D eigenvalue weighted by Crippen LogP contribution is 2.26. The molecule has 2 N–H and O–H groups in total. The summed E-state index contributed by atoms with van der Waals surface area (Å²) in [7, 11) is 0. The molecule has 4 nitrogen and oxygen atoms in total. The van der Waals surface area contributed by atoms with Crippen molar-refractivity contribution in [1.29, 1.82) is 0 Å². The fraction of sp³-hybridized carbons (Fsp3) is 0.348. The van der Waals surface area contributed by atoms with Gasteiger partial charge in [0, 0.05) is 41.8 Å². The van der Waals surface area contributed by atoms with Crippen molar-refractivity contribution in [2.24, 2.45) is 0 Å². The molecule has 2 amide bonds. The molecule has 140 valence electrons. The summed E-state index contributed by atoms with van der Waals surface area (Å²) < 4.78 is 0. The smallest absolute Gasteiger partial charge is 0.321 e. The Morgan fingerprint density at radius 2 is 1.70 bits per heavy atom. The number of hydrogen-bond donors (Lipinski definition) is 2. The first-order chi connectivity index (χ1) is 12.9. The minimum atomic E-state index is -0.0204. The second-order valence-corrected chi connectivity index (χ2v) is 8.37. The zero-order chi connectivity index (χ0) is 19.0. The number of anilines is 1. The van der Waals surface area contributed by atoms with Gasteiger partial charge in [-0.15, -0.1) is 0 Å². The fourth-order valence-electron chi connectivity index (χ4n) is 3.82. The van der Waals surface area contributed by atoms with Crippen molar-refractivity contribution in [2.45, 2.75) is 39.0 Å². The van der Waals surface area contributed by atoms with E-state index in [1.54, 1.807) is 0 Å². The summed E-state index contributed by atoms with van der Waals surface area (Å²) >= 11 is 0. The van der Waals surface area contributed by atoms with Crippen molar-refractivity contribution in [3.05, 3.63) is 65.4 Å². The van der Waals surface area contributed by atoms with Crippen LogP contribution in [0.4, 0.5) is 10.5 Å². The second-order valence-electron chi connectivity index (χ2n) is 8.37. The summed E-state index contributed by atoms with van der Waals surface area (Å²) in [5.41, 5.74) is 6.04. The highest BCUT2D eigenvalue weighted by molar-refractivity contribution is 5.90. The Morgan fingerprint density at radius 1 is 1.00 bits per heavy atom. The molecule has 4 rings (SSSR count). The van der Waals surface area contributed by atoms with Crippen LogP contribution in [0.1, 0.15) is 37.6 Å². The van der Waals surface area contributed by atoms with E-state index >= 15 is 0 Å². The summed E-state index contributed by atoms with van der Waals surface area (Å²) in [5, 5.41) is 4.34. The van der Waals surface area contributed by atoms with Crippen LogP contribution in [0.25, 0.3) is 10.9 Å². The average molecular weight is 361 g/mol. The van der Waals surface area contributed by atoms with E-state index in [1.807, 2.05) is 17.0 Å². The van der Waals surface area contributed by atoms with Gasteiger partial charge in [0.05, 0.1) is 0 Å². The molecule has 0 unspecified atom stereocenters. The van der Waals surface area contributed by atoms with Gasteiger partial charge in [-0.2, -0.15) is 0 Å². The van der Waals surface area contributed by atoms with E-state index in [0.717, 1.165) is 31.6 Å². The average Bonchev–Trinajstić information content (AvgIpc) is 2.85. The van der Waals surface area contributed by atoms with Gasteiger partial charge in [-0.05, 0) is 41.2 Å². The number of aromatic nitrogens is 1. The lowest BCUT2D eigenvalue weighted by Crippen LogP contribution is -2.36. The van der Waals surface area contributed by atoms with E-state index in [1.165, 1.54) is 27.7 Å². The first-order valence-electron chi connectivity index (χ1n) is 9.67. The largest absolute Gasteiger partial charge is 0.358 e. The molecule has 0 bridgehead atoms.